The highest BCUT2D eigenvalue weighted by Crippen LogP contribution is 2.16. The molecule has 58 heavy (non-hydrogen) atoms. The van der Waals surface area contributed by atoms with E-state index in [4.69, 9.17) is 0 Å². The number of allylic oxidation sites excluding steroid dienone is 5. The Balaban J connectivity index is 3.51. The third-order valence-electron chi connectivity index (χ3n) is 12.1. The number of aliphatic hydroxyl groups is 2. The lowest BCUT2D eigenvalue weighted by molar-refractivity contribution is -0.123. The number of carbonyl (C=O) groups excluding carboxylic acids is 1. The molecular formula is C54H103NO3. The van der Waals surface area contributed by atoms with Gasteiger partial charge in [-0.05, 0) is 51.4 Å². The van der Waals surface area contributed by atoms with Gasteiger partial charge in [-0.25, -0.2) is 0 Å². The first kappa shape index (κ1) is 56.6. The molecule has 0 aromatic heterocycles. The summed E-state index contributed by atoms with van der Waals surface area (Å²) in [4.78, 5) is 12.4. The number of nitrogens with one attached hydrogen (secondary N) is 1. The molecule has 0 aliphatic heterocycles. The van der Waals surface area contributed by atoms with Crippen molar-refractivity contribution in [3.63, 3.8) is 0 Å². The zero-order valence-corrected chi connectivity index (χ0v) is 39.3. The average Bonchev–Trinajstić information content (AvgIpc) is 3.23. The summed E-state index contributed by atoms with van der Waals surface area (Å²) in [6.45, 7) is 4.32. The molecule has 0 bridgehead atoms. The fourth-order valence-electron chi connectivity index (χ4n) is 8.09. The molecule has 0 aromatic rings. The van der Waals surface area contributed by atoms with Crippen LogP contribution in [-0.2, 0) is 4.79 Å². The van der Waals surface area contributed by atoms with E-state index in [-0.39, 0.29) is 12.5 Å². The average molecular weight is 814 g/mol. The molecule has 3 N–H and O–H groups in total. The SMILES string of the molecule is CCCCCCC/C=C\C/C=C\CCCCCCCCCCCCCC(=O)NC(CO)C(O)/C=C/CCCCCCCCCCCCCCCCCCCCCCC. The molecule has 4 heteroatoms. The van der Waals surface area contributed by atoms with Gasteiger partial charge in [-0.1, -0.05) is 262 Å². The Morgan fingerprint density at radius 3 is 1.03 bits per heavy atom. The highest BCUT2D eigenvalue weighted by atomic mass is 16.3. The molecule has 342 valence electrons. The topological polar surface area (TPSA) is 69.6 Å². The number of aliphatic hydroxyl groups excluding tert-OH is 2. The van der Waals surface area contributed by atoms with E-state index < -0.39 is 12.1 Å². The fourth-order valence-corrected chi connectivity index (χ4v) is 8.09. The lowest BCUT2D eigenvalue weighted by atomic mass is 10.0. The van der Waals surface area contributed by atoms with Gasteiger partial charge in [-0.3, -0.25) is 4.79 Å². The maximum atomic E-state index is 12.4. The second-order valence-electron chi connectivity index (χ2n) is 17.9. The molecule has 0 spiro atoms. The van der Waals surface area contributed by atoms with Crippen molar-refractivity contribution in [2.45, 2.75) is 296 Å². The van der Waals surface area contributed by atoms with Gasteiger partial charge in [0.25, 0.3) is 0 Å². The smallest absolute Gasteiger partial charge is 0.220 e. The fraction of sp³-hybridized carbons (Fsp3) is 0.870. The Bertz CT molecular complexity index is 882. The Hall–Kier alpha value is -1.39. The van der Waals surface area contributed by atoms with E-state index in [1.165, 1.54) is 231 Å². The van der Waals surface area contributed by atoms with Gasteiger partial charge in [0, 0.05) is 6.42 Å². The van der Waals surface area contributed by atoms with Gasteiger partial charge in [0.1, 0.15) is 0 Å². The molecular weight excluding hydrogens is 711 g/mol. The number of hydrogen-bond donors (Lipinski definition) is 3. The van der Waals surface area contributed by atoms with E-state index in [1.54, 1.807) is 6.08 Å². The molecule has 2 atom stereocenters. The third kappa shape index (κ3) is 45.7. The van der Waals surface area contributed by atoms with Crippen LogP contribution in [0.25, 0.3) is 0 Å². The van der Waals surface area contributed by atoms with E-state index in [9.17, 15) is 15.0 Å². The molecule has 0 saturated heterocycles. The maximum absolute atomic E-state index is 12.4. The summed E-state index contributed by atoms with van der Waals surface area (Å²) in [7, 11) is 0. The Morgan fingerprint density at radius 1 is 0.414 bits per heavy atom. The normalized spacial score (nSPS) is 13.1. The van der Waals surface area contributed by atoms with Crippen LogP contribution >= 0.6 is 0 Å². The van der Waals surface area contributed by atoms with E-state index in [2.05, 4.69) is 43.5 Å². The molecule has 0 radical (unpaired) electrons. The van der Waals surface area contributed by atoms with Gasteiger partial charge in [-0.15, -0.1) is 0 Å². The van der Waals surface area contributed by atoms with E-state index in [0.717, 1.165) is 32.1 Å². The van der Waals surface area contributed by atoms with Crippen LogP contribution < -0.4 is 5.32 Å². The summed E-state index contributed by atoms with van der Waals surface area (Å²) in [5.74, 6) is -0.0633. The van der Waals surface area contributed by atoms with Gasteiger partial charge in [0.15, 0.2) is 0 Å². The Labute approximate surface area is 363 Å². The van der Waals surface area contributed by atoms with Crippen LogP contribution in [0, 0.1) is 0 Å². The minimum absolute atomic E-state index is 0.0633. The third-order valence-corrected chi connectivity index (χ3v) is 12.1. The second-order valence-corrected chi connectivity index (χ2v) is 17.9. The summed E-state index contributed by atoms with van der Waals surface area (Å²) >= 11 is 0. The van der Waals surface area contributed by atoms with Crippen molar-refractivity contribution in [2.75, 3.05) is 6.61 Å². The first-order chi connectivity index (χ1) is 28.7. The molecule has 0 aliphatic carbocycles. The van der Waals surface area contributed by atoms with Crippen LogP contribution in [0.3, 0.4) is 0 Å². The predicted molar refractivity (Wildman–Crippen MR) is 258 cm³/mol. The van der Waals surface area contributed by atoms with Crippen molar-refractivity contribution in [1.82, 2.24) is 5.32 Å². The lowest BCUT2D eigenvalue weighted by Gasteiger charge is -2.20. The highest BCUT2D eigenvalue weighted by molar-refractivity contribution is 5.76. The standard InChI is InChI=1S/C54H103NO3/c1-3-5-7-9-11-13-15-17-19-21-23-25-27-29-31-33-35-37-39-41-43-45-47-49-53(57)52(51-56)55-54(58)50-48-46-44-42-40-38-36-34-32-30-28-26-24-22-20-18-16-14-12-10-8-6-4-2/h16,18,22,24,47,49,52-53,56-57H,3-15,17,19-21,23,25-46,48,50-51H2,1-2H3,(H,55,58)/b18-16-,24-22-,49-47+. The lowest BCUT2D eigenvalue weighted by Crippen LogP contribution is -2.45. The van der Waals surface area contributed by atoms with Crippen LogP contribution in [0.5, 0.6) is 0 Å². The Morgan fingerprint density at radius 2 is 0.707 bits per heavy atom. The zero-order chi connectivity index (χ0) is 42.1. The van der Waals surface area contributed by atoms with Crippen molar-refractivity contribution in [1.29, 1.82) is 0 Å². The van der Waals surface area contributed by atoms with Gasteiger partial charge in [0.05, 0.1) is 18.8 Å². The monoisotopic (exact) mass is 814 g/mol. The van der Waals surface area contributed by atoms with Gasteiger partial charge in [0.2, 0.25) is 5.91 Å². The van der Waals surface area contributed by atoms with Crippen molar-refractivity contribution >= 4 is 5.91 Å². The molecule has 1 amide bonds. The first-order valence-corrected chi connectivity index (χ1v) is 26.2. The van der Waals surface area contributed by atoms with Crippen LogP contribution in [0.4, 0.5) is 0 Å². The largest absolute Gasteiger partial charge is 0.394 e. The molecule has 0 heterocycles. The summed E-state index contributed by atoms with van der Waals surface area (Å²) in [6, 6.07) is -0.623. The molecule has 2 unspecified atom stereocenters. The van der Waals surface area contributed by atoms with Crippen molar-refractivity contribution in [3.05, 3.63) is 36.5 Å². The molecule has 4 nitrogen and oxygen atoms in total. The predicted octanol–water partition coefficient (Wildman–Crippen LogP) is 16.9. The minimum atomic E-state index is -0.840. The summed E-state index contributed by atoms with van der Waals surface area (Å²) in [5, 5.41) is 23.1. The number of carbonyl (C=O) groups is 1. The minimum Gasteiger partial charge on any atom is -0.394 e. The van der Waals surface area contributed by atoms with E-state index in [0.29, 0.717) is 6.42 Å². The van der Waals surface area contributed by atoms with Crippen molar-refractivity contribution in [3.8, 4) is 0 Å². The first-order valence-electron chi connectivity index (χ1n) is 26.2. The van der Waals surface area contributed by atoms with Gasteiger partial charge in [-0.2, -0.15) is 0 Å². The number of unbranched alkanes of at least 4 members (excludes halogenated alkanes) is 37. The maximum Gasteiger partial charge on any atom is 0.220 e. The summed E-state index contributed by atoms with van der Waals surface area (Å²) in [5.41, 5.74) is 0. The van der Waals surface area contributed by atoms with Gasteiger partial charge >= 0.3 is 0 Å². The van der Waals surface area contributed by atoms with E-state index in [1.807, 2.05) is 6.08 Å². The van der Waals surface area contributed by atoms with Crippen molar-refractivity contribution in [2.24, 2.45) is 0 Å². The van der Waals surface area contributed by atoms with Gasteiger partial charge < -0.3 is 15.5 Å². The molecule has 0 aromatic carbocycles. The van der Waals surface area contributed by atoms with Crippen LogP contribution in [0.2, 0.25) is 0 Å². The second kappa shape index (κ2) is 50.0. The van der Waals surface area contributed by atoms with Crippen LogP contribution in [0.1, 0.15) is 284 Å². The number of amides is 1. The summed E-state index contributed by atoms with van der Waals surface area (Å²) < 4.78 is 0. The molecule has 0 fully saturated rings. The Kier molecular flexibility index (Phi) is 48.8. The number of rotatable bonds is 48. The molecule has 0 rings (SSSR count). The summed E-state index contributed by atoms with van der Waals surface area (Å²) in [6.07, 6.45) is 67.1. The highest BCUT2D eigenvalue weighted by Gasteiger charge is 2.18. The molecule has 0 saturated carbocycles. The zero-order valence-electron chi connectivity index (χ0n) is 39.3. The van der Waals surface area contributed by atoms with E-state index >= 15 is 0 Å². The number of hydrogen-bond acceptors (Lipinski definition) is 3. The van der Waals surface area contributed by atoms with Crippen molar-refractivity contribution < 1.29 is 15.0 Å². The van der Waals surface area contributed by atoms with Crippen LogP contribution in [-0.4, -0.2) is 34.9 Å². The molecule has 0 aliphatic rings. The quantitative estimate of drug-likeness (QED) is 0.0423. The van der Waals surface area contributed by atoms with Crippen LogP contribution in [0.15, 0.2) is 36.5 Å².